The third kappa shape index (κ3) is 1.48. The Morgan fingerprint density at radius 3 is 2.55 bits per heavy atom. The Kier molecular flexibility index (Phi) is 2.08. The van der Waals surface area contributed by atoms with Gasteiger partial charge in [0.15, 0.2) is 5.89 Å². The fourth-order valence-electron chi connectivity index (χ4n) is 1.07. The van der Waals surface area contributed by atoms with Gasteiger partial charge in [0, 0.05) is 6.92 Å². The molecule has 1 aromatic rings. The SMILES string of the molecule is CCc1c(C)nc(C)oc1=O. The Labute approximate surface area is 65.1 Å². The van der Waals surface area contributed by atoms with Gasteiger partial charge in [0.25, 0.3) is 0 Å². The summed E-state index contributed by atoms with van der Waals surface area (Å²) in [6.07, 6.45) is 0.682. The predicted molar refractivity (Wildman–Crippen MR) is 41.6 cm³/mol. The molecule has 0 aliphatic rings. The van der Waals surface area contributed by atoms with Crippen LogP contribution >= 0.6 is 0 Å². The van der Waals surface area contributed by atoms with E-state index in [-0.39, 0.29) is 5.63 Å². The van der Waals surface area contributed by atoms with E-state index in [9.17, 15) is 4.79 Å². The lowest BCUT2D eigenvalue weighted by molar-refractivity contribution is 0.445. The van der Waals surface area contributed by atoms with Gasteiger partial charge in [0.1, 0.15) is 0 Å². The standard InChI is InChI=1S/C8H11NO2/c1-4-7-5(2)9-6(3)11-8(7)10/h4H2,1-3H3. The van der Waals surface area contributed by atoms with E-state index in [0.717, 1.165) is 5.69 Å². The first-order valence-electron chi connectivity index (χ1n) is 3.62. The van der Waals surface area contributed by atoms with E-state index >= 15 is 0 Å². The number of aryl methyl sites for hydroxylation is 2. The lowest BCUT2D eigenvalue weighted by atomic mass is 10.2. The number of hydrogen-bond donors (Lipinski definition) is 0. The second kappa shape index (κ2) is 2.86. The fourth-order valence-corrected chi connectivity index (χ4v) is 1.07. The van der Waals surface area contributed by atoms with E-state index in [2.05, 4.69) is 4.98 Å². The maximum atomic E-state index is 11.1. The van der Waals surface area contributed by atoms with Crippen molar-refractivity contribution in [2.75, 3.05) is 0 Å². The molecule has 1 heterocycles. The molecule has 0 spiro atoms. The zero-order chi connectivity index (χ0) is 8.43. The third-order valence-corrected chi connectivity index (χ3v) is 1.60. The van der Waals surface area contributed by atoms with Gasteiger partial charge in [-0.05, 0) is 13.3 Å². The maximum absolute atomic E-state index is 11.1. The van der Waals surface area contributed by atoms with Crippen LogP contribution in [-0.4, -0.2) is 4.98 Å². The number of aromatic nitrogens is 1. The molecule has 0 aromatic carbocycles. The van der Waals surface area contributed by atoms with Crippen LogP contribution in [-0.2, 0) is 6.42 Å². The summed E-state index contributed by atoms with van der Waals surface area (Å²) < 4.78 is 4.81. The van der Waals surface area contributed by atoms with Crippen molar-refractivity contribution in [2.45, 2.75) is 27.2 Å². The summed E-state index contributed by atoms with van der Waals surface area (Å²) >= 11 is 0. The third-order valence-electron chi connectivity index (χ3n) is 1.60. The van der Waals surface area contributed by atoms with Gasteiger partial charge in [-0.15, -0.1) is 0 Å². The molecular formula is C8H11NO2. The first-order valence-corrected chi connectivity index (χ1v) is 3.62. The Morgan fingerprint density at radius 2 is 2.09 bits per heavy atom. The number of rotatable bonds is 1. The second-order valence-corrected chi connectivity index (χ2v) is 2.44. The van der Waals surface area contributed by atoms with Crippen molar-refractivity contribution in [3.63, 3.8) is 0 Å². The highest BCUT2D eigenvalue weighted by Gasteiger charge is 2.04. The van der Waals surface area contributed by atoms with Crippen molar-refractivity contribution in [2.24, 2.45) is 0 Å². The van der Waals surface area contributed by atoms with Gasteiger partial charge in [0.05, 0.1) is 11.3 Å². The van der Waals surface area contributed by atoms with E-state index in [4.69, 9.17) is 4.42 Å². The quantitative estimate of drug-likeness (QED) is 0.609. The smallest absolute Gasteiger partial charge is 0.342 e. The largest absolute Gasteiger partial charge is 0.408 e. The minimum Gasteiger partial charge on any atom is -0.408 e. The molecule has 0 aliphatic carbocycles. The minimum absolute atomic E-state index is 0.252. The summed E-state index contributed by atoms with van der Waals surface area (Å²) in [7, 11) is 0. The molecule has 11 heavy (non-hydrogen) atoms. The molecule has 3 nitrogen and oxygen atoms in total. The molecule has 0 amide bonds. The van der Waals surface area contributed by atoms with Gasteiger partial charge < -0.3 is 4.42 Å². The van der Waals surface area contributed by atoms with Crippen molar-refractivity contribution in [3.05, 3.63) is 27.6 Å². The number of hydrogen-bond acceptors (Lipinski definition) is 3. The fraction of sp³-hybridized carbons (Fsp3) is 0.500. The molecule has 0 fully saturated rings. The van der Waals surface area contributed by atoms with Crippen LogP contribution in [0.1, 0.15) is 24.1 Å². The molecule has 1 rings (SSSR count). The highest BCUT2D eigenvalue weighted by Crippen LogP contribution is 2.00. The molecule has 0 unspecified atom stereocenters. The van der Waals surface area contributed by atoms with Gasteiger partial charge in [-0.3, -0.25) is 0 Å². The number of nitrogens with zero attached hydrogens (tertiary/aromatic N) is 1. The van der Waals surface area contributed by atoms with Crippen LogP contribution in [0, 0.1) is 13.8 Å². The zero-order valence-electron chi connectivity index (χ0n) is 6.97. The summed E-state index contributed by atoms with van der Waals surface area (Å²) in [4.78, 5) is 15.1. The molecule has 0 bridgehead atoms. The van der Waals surface area contributed by atoms with Crippen LogP contribution < -0.4 is 5.63 Å². The average molecular weight is 153 g/mol. The predicted octanol–water partition coefficient (Wildman–Crippen LogP) is 1.21. The van der Waals surface area contributed by atoms with Crippen LogP contribution in [0.5, 0.6) is 0 Å². The Hall–Kier alpha value is -1.12. The van der Waals surface area contributed by atoms with Crippen LogP contribution in [0.25, 0.3) is 0 Å². The first kappa shape index (κ1) is 7.98. The summed E-state index contributed by atoms with van der Waals surface area (Å²) in [5.74, 6) is 0.435. The molecule has 0 saturated carbocycles. The summed E-state index contributed by atoms with van der Waals surface area (Å²) in [6.45, 7) is 5.41. The Bertz CT molecular complexity index is 314. The van der Waals surface area contributed by atoms with Gasteiger partial charge >= 0.3 is 5.63 Å². The Balaban J connectivity index is 3.37. The summed E-state index contributed by atoms with van der Waals surface area (Å²) in [5.41, 5.74) is 1.20. The van der Waals surface area contributed by atoms with E-state index in [1.165, 1.54) is 0 Å². The molecule has 3 heteroatoms. The van der Waals surface area contributed by atoms with Gasteiger partial charge in [0.2, 0.25) is 0 Å². The molecular weight excluding hydrogens is 142 g/mol. The van der Waals surface area contributed by atoms with Crippen molar-refractivity contribution in [3.8, 4) is 0 Å². The average Bonchev–Trinajstić information content (AvgIpc) is 1.85. The van der Waals surface area contributed by atoms with Crippen LogP contribution in [0.4, 0.5) is 0 Å². The van der Waals surface area contributed by atoms with E-state index < -0.39 is 0 Å². The summed E-state index contributed by atoms with van der Waals surface area (Å²) in [5, 5.41) is 0. The monoisotopic (exact) mass is 153 g/mol. The lowest BCUT2D eigenvalue weighted by Crippen LogP contribution is -2.11. The van der Waals surface area contributed by atoms with Crippen molar-refractivity contribution < 1.29 is 4.42 Å². The topological polar surface area (TPSA) is 43.1 Å². The molecule has 0 atom stereocenters. The van der Waals surface area contributed by atoms with Crippen molar-refractivity contribution in [1.82, 2.24) is 4.98 Å². The molecule has 0 radical (unpaired) electrons. The molecule has 60 valence electrons. The second-order valence-electron chi connectivity index (χ2n) is 2.44. The zero-order valence-corrected chi connectivity index (χ0v) is 6.97. The molecule has 0 N–H and O–H groups in total. The van der Waals surface area contributed by atoms with Gasteiger partial charge in [-0.25, -0.2) is 9.78 Å². The normalized spacial score (nSPS) is 10.1. The lowest BCUT2D eigenvalue weighted by Gasteiger charge is -1.98. The van der Waals surface area contributed by atoms with E-state index in [1.54, 1.807) is 6.92 Å². The van der Waals surface area contributed by atoms with Crippen molar-refractivity contribution >= 4 is 0 Å². The first-order chi connectivity index (χ1) is 5.15. The van der Waals surface area contributed by atoms with E-state index in [0.29, 0.717) is 17.9 Å². The highest BCUT2D eigenvalue weighted by atomic mass is 16.4. The highest BCUT2D eigenvalue weighted by molar-refractivity contribution is 5.13. The summed E-state index contributed by atoms with van der Waals surface area (Å²) in [6, 6.07) is 0. The van der Waals surface area contributed by atoms with Gasteiger partial charge in [-0.2, -0.15) is 0 Å². The van der Waals surface area contributed by atoms with Crippen LogP contribution in [0.3, 0.4) is 0 Å². The minimum atomic E-state index is -0.252. The Morgan fingerprint density at radius 1 is 1.45 bits per heavy atom. The van der Waals surface area contributed by atoms with Crippen LogP contribution in [0.2, 0.25) is 0 Å². The van der Waals surface area contributed by atoms with Gasteiger partial charge in [-0.1, -0.05) is 6.92 Å². The maximum Gasteiger partial charge on any atom is 0.342 e. The molecule has 0 saturated heterocycles. The molecule has 1 aromatic heterocycles. The van der Waals surface area contributed by atoms with Crippen molar-refractivity contribution in [1.29, 1.82) is 0 Å². The van der Waals surface area contributed by atoms with Crippen LogP contribution in [0.15, 0.2) is 9.21 Å². The van der Waals surface area contributed by atoms with E-state index in [1.807, 2.05) is 13.8 Å². The molecule has 0 aliphatic heterocycles.